The molecular formula is C27H47N5O. The summed E-state index contributed by atoms with van der Waals surface area (Å²) in [5, 5.41) is 6.91. The molecule has 1 aromatic carbocycles. The van der Waals surface area contributed by atoms with Crippen LogP contribution in [0.2, 0.25) is 0 Å². The second-order valence-corrected chi connectivity index (χ2v) is 7.88. The summed E-state index contributed by atoms with van der Waals surface area (Å²) in [4.78, 5) is 14.0. The number of rotatable bonds is 10. The van der Waals surface area contributed by atoms with Crippen LogP contribution < -0.4 is 11.1 Å². The van der Waals surface area contributed by atoms with E-state index in [1.54, 1.807) is 13.1 Å². The quantitative estimate of drug-likeness (QED) is 0.225. The highest BCUT2D eigenvalue weighted by molar-refractivity contribution is 5.72. The van der Waals surface area contributed by atoms with Gasteiger partial charge in [0.15, 0.2) is 0 Å². The van der Waals surface area contributed by atoms with E-state index < -0.39 is 0 Å². The zero-order valence-electron chi connectivity index (χ0n) is 22.1. The van der Waals surface area contributed by atoms with E-state index in [1.807, 2.05) is 55.5 Å². The predicted octanol–water partition coefficient (Wildman–Crippen LogP) is 4.99. The van der Waals surface area contributed by atoms with Crippen molar-refractivity contribution < 1.29 is 4.79 Å². The molecule has 6 heteroatoms. The predicted molar refractivity (Wildman–Crippen MR) is 145 cm³/mol. The molecule has 0 radical (unpaired) electrons. The minimum absolute atomic E-state index is 0.00463. The number of carbonyl (C=O) groups is 1. The van der Waals surface area contributed by atoms with Crippen molar-refractivity contribution in [3.05, 3.63) is 72.4 Å². The summed E-state index contributed by atoms with van der Waals surface area (Å²) in [7, 11) is 5.80. The number of hydrogen-bond acceptors (Lipinski definition) is 4. The lowest BCUT2D eigenvalue weighted by Crippen LogP contribution is -2.37. The molecule has 1 unspecified atom stereocenters. The monoisotopic (exact) mass is 457 g/mol. The van der Waals surface area contributed by atoms with E-state index >= 15 is 0 Å². The number of nitrogens with two attached hydrogens (primary N) is 1. The van der Waals surface area contributed by atoms with Gasteiger partial charge in [-0.05, 0) is 30.4 Å². The number of amides is 1. The molecule has 1 amide bonds. The second kappa shape index (κ2) is 21.2. The molecule has 6 nitrogen and oxygen atoms in total. The number of hydrogen-bond donors (Lipinski definition) is 2. The van der Waals surface area contributed by atoms with E-state index in [1.165, 1.54) is 26.2 Å². The van der Waals surface area contributed by atoms with Crippen LogP contribution in [0.5, 0.6) is 0 Å². The van der Waals surface area contributed by atoms with Crippen molar-refractivity contribution in [3.63, 3.8) is 0 Å². The van der Waals surface area contributed by atoms with Gasteiger partial charge in [0.05, 0.1) is 6.34 Å². The van der Waals surface area contributed by atoms with Crippen LogP contribution in [0.25, 0.3) is 0 Å². The fourth-order valence-electron chi connectivity index (χ4n) is 2.66. The molecule has 0 heterocycles. The van der Waals surface area contributed by atoms with Crippen molar-refractivity contribution in [1.29, 1.82) is 0 Å². The SMILES string of the molecule is C=C/C=C\C(=C/C)C(N=CN)c1ccccc1.CCN(CCC(C)C)N(C)C.CNC(C)=O. The highest BCUT2D eigenvalue weighted by Gasteiger charge is 2.11. The molecule has 1 atom stereocenters. The Morgan fingerprint density at radius 2 is 1.82 bits per heavy atom. The number of benzene rings is 1. The molecule has 0 saturated carbocycles. The Balaban J connectivity index is 0. The third-order valence-corrected chi connectivity index (χ3v) is 4.67. The lowest BCUT2D eigenvalue weighted by Gasteiger charge is -2.27. The maximum atomic E-state index is 9.70. The molecule has 1 rings (SSSR count). The van der Waals surface area contributed by atoms with E-state index in [4.69, 9.17) is 5.73 Å². The second-order valence-electron chi connectivity index (χ2n) is 7.88. The fraction of sp³-hybridized carbons (Fsp3) is 0.481. The molecule has 0 aliphatic heterocycles. The van der Waals surface area contributed by atoms with Gasteiger partial charge in [-0.2, -0.15) is 0 Å². The van der Waals surface area contributed by atoms with E-state index in [2.05, 4.69) is 61.8 Å². The maximum absolute atomic E-state index is 9.70. The third kappa shape index (κ3) is 17.5. The van der Waals surface area contributed by atoms with Crippen LogP contribution in [0.15, 0.2) is 71.8 Å². The third-order valence-electron chi connectivity index (χ3n) is 4.67. The van der Waals surface area contributed by atoms with Crippen molar-refractivity contribution in [2.75, 3.05) is 34.2 Å². The van der Waals surface area contributed by atoms with E-state index in [-0.39, 0.29) is 11.9 Å². The minimum Gasteiger partial charge on any atom is -0.390 e. The Morgan fingerprint density at radius 1 is 1.24 bits per heavy atom. The summed E-state index contributed by atoms with van der Waals surface area (Å²) < 4.78 is 0. The first-order valence-corrected chi connectivity index (χ1v) is 11.5. The minimum atomic E-state index is -0.0533. The average Bonchev–Trinajstić information content (AvgIpc) is 2.80. The molecule has 0 saturated heterocycles. The topological polar surface area (TPSA) is 74.0 Å². The van der Waals surface area contributed by atoms with Crippen LogP contribution in [0.1, 0.15) is 52.6 Å². The molecule has 3 N–H and O–H groups in total. The molecule has 0 spiro atoms. The van der Waals surface area contributed by atoms with Gasteiger partial charge in [-0.15, -0.1) is 0 Å². The lowest BCUT2D eigenvalue weighted by molar-refractivity contribution is -0.118. The molecule has 0 fully saturated rings. The molecule has 33 heavy (non-hydrogen) atoms. The Kier molecular flexibility index (Phi) is 20.8. The largest absolute Gasteiger partial charge is 0.390 e. The van der Waals surface area contributed by atoms with E-state index in [0.29, 0.717) is 0 Å². The first-order valence-electron chi connectivity index (χ1n) is 11.5. The molecule has 0 aromatic heterocycles. The van der Waals surface area contributed by atoms with Gasteiger partial charge in [0.25, 0.3) is 0 Å². The first-order chi connectivity index (χ1) is 15.7. The van der Waals surface area contributed by atoms with Gasteiger partial charge >= 0.3 is 0 Å². The van der Waals surface area contributed by atoms with Gasteiger partial charge in [0, 0.05) is 41.2 Å². The standard InChI is InChI=1S/C15H18N2.C9H22N2.C3H7NO/c1-3-5-9-13(4-2)15(17-12-16)14-10-7-6-8-11-14;1-6-11(10(4)5)8-7-9(2)3;1-3(5)4-2/h3-12,15H,1H2,2H3,(H2,16,17);9H,6-8H2,1-5H3;1-2H3,(H,4,5)/b9-5-,13-4+;;. The zero-order valence-corrected chi connectivity index (χ0v) is 22.1. The smallest absolute Gasteiger partial charge is 0.216 e. The zero-order chi connectivity index (χ0) is 25.6. The lowest BCUT2D eigenvalue weighted by atomic mass is 9.98. The molecule has 0 aliphatic carbocycles. The van der Waals surface area contributed by atoms with Crippen molar-refractivity contribution in [3.8, 4) is 0 Å². The van der Waals surface area contributed by atoms with Crippen molar-refractivity contribution in [2.24, 2.45) is 16.6 Å². The van der Waals surface area contributed by atoms with Crippen molar-refractivity contribution in [2.45, 2.75) is 47.1 Å². The highest BCUT2D eigenvalue weighted by Crippen LogP contribution is 2.26. The van der Waals surface area contributed by atoms with Gasteiger partial charge in [-0.3, -0.25) is 9.79 Å². The van der Waals surface area contributed by atoms with Gasteiger partial charge in [-0.25, -0.2) is 10.0 Å². The number of nitrogens with one attached hydrogen (secondary N) is 1. The van der Waals surface area contributed by atoms with Gasteiger partial charge in [0.1, 0.15) is 6.04 Å². The number of allylic oxidation sites excluding steroid dienone is 3. The van der Waals surface area contributed by atoms with Crippen LogP contribution in [0.3, 0.4) is 0 Å². The van der Waals surface area contributed by atoms with E-state index in [9.17, 15) is 4.79 Å². The average molecular weight is 458 g/mol. The van der Waals surface area contributed by atoms with Crippen LogP contribution >= 0.6 is 0 Å². The fourth-order valence-corrected chi connectivity index (χ4v) is 2.66. The molecular weight excluding hydrogens is 410 g/mol. The molecule has 0 aliphatic rings. The van der Waals surface area contributed by atoms with Gasteiger partial charge in [0.2, 0.25) is 5.91 Å². The highest BCUT2D eigenvalue weighted by atomic mass is 16.1. The number of nitrogens with zero attached hydrogens (tertiary/aromatic N) is 3. The summed E-state index contributed by atoms with van der Waals surface area (Å²) >= 11 is 0. The van der Waals surface area contributed by atoms with Crippen LogP contribution in [-0.2, 0) is 4.79 Å². The van der Waals surface area contributed by atoms with Gasteiger partial charge < -0.3 is 11.1 Å². The summed E-state index contributed by atoms with van der Waals surface area (Å²) in [5.74, 6) is 0.814. The first kappa shape index (κ1) is 32.5. The number of hydrazine groups is 1. The number of aliphatic imine (C=N–C) groups is 1. The van der Waals surface area contributed by atoms with E-state index in [0.717, 1.165) is 23.6 Å². The Labute approximate surface area is 202 Å². The maximum Gasteiger partial charge on any atom is 0.216 e. The van der Waals surface area contributed by atoms with Crippen LogP contribution in [0, 0.1) is 5.92 Å². The summed E-state index contributed by atoms with van der Waals surface area (Å²) in [5.41, 5.74) is 7.64. The summed E-state index contributed by atoms with van der Waals surface area (Å²) in [6.45, 7) is 16.2. The van der Waals surface area contributed by atoms with Gasteiger partial charge in [-0.1, -0.05) is 82.0 Å². The molecule has 186 valence electrons. The summed E-state index contributed by atoms with van der Waals surface area (Å²) in [6, 6.07) is 10.0. The Bertz CT molecular complexity index is 708. The Hall–Kier alpha value is -2.70. The Morgan fingerprint density at radius 3 is 2.18 bits per heavy atom. The number of carbonyl (C=O) groups excluding carboxylic acids is 1. The summed E-state index contributed by atoms with van der Waals surface area (Å²) in [6.07, 6.45) is 10.3. The van der Waals surface area contributed by atoms with Crippen molar-refractivity contribution >= 4 is 12.2 Å². The molecule has 0 bridgehead atoms. The van der Waals surface area contributed by atoms with Crippen molar-refractivity contribution in [1.82, 2.24) is 15.3 Å². The van der Waals surface area contributed by atoms with Crippen LogP contribution in [0.4, 0.5) is 0 Å². The van der Waals surface area contributed by atoms with Crippen LogP contribution in [-0.4, -0.2) is 56.5 Å². The molecule has 1 aromatic rings. The normalized spacial score (nSPS) is 12.4.